The zero-order valence-electron chi connectivity index (χ0n) is 10.5. The predicted octanol–water partition coefficient (Wildman–Crippen LogP) is 3.43. The maximum Gasteiger partial charge on any atom is 0.338 e. The van der Waals surface area contributed by atoms with Crippen LogP contribution in [0, 0.1) is 0 Å². The van der Waals surface area contributed by atoms with Gasteiger partial charge in [-0.3, -0.25) is 0 Å². The molecule has 0 N–H and O–H groups in total. The zero-order chi connectivity index (χ0) is 13.9. The van der Waals surface area contributed by atoms with E-state index in [1.54, 1.807) is 36.4 Å². The summed E-state index contributed by atoms with van der Waals surface area (Å²) in [5.74, 6) is 0.729. The molecular weight excluding hydrogens is 280 g/mol. The molecule has 2 aromatic carbocycles. The van der Waals surface area contributed by atoms with Crippen LogP contribution in [0.25, 0.3) is 0 Å². The first-order valence-electron chi connectivity index (χ1n) is 6.04. The molecule has 3 rings (SSSR count). The molecule has 0 atom stereocenters. The van der Waals surface area contributed by atoms with Crippen molar-refractivity contribution in [3.63, 3.8) is 0 Å². The van der Waals surface area contributed by atoms with Gasteiger partial charge in [-0.2, -0.15) is 0 Å². The second-order valence-electron chi connectivity index (χ2n) is 4.25. The Labute approximate surface area is 120 Å². The molecule has 0 spiro atoms. The lowest BCUT2D eigenvalue weighted by Gasteiger charge is -2.07. The van der Waals surface area contributed by atoms with E-state index in [0.717, 1.165) is 5.56 Å². The van der Waals surface area contributed by atoms with Gasteiger partial charge in [-0.15, -0.1) is 0 Å². The Morgan fingerprint density at radius 1 is 1.20 bits per heavy atom. The smallest absolute Gasteiger partial charge is 0.338 e. The van der Waals surface area contributed by atoms with Crippen LogP contribution in [0.1, 0.15) is 15.9 Å². The molecule has 1 aliphatic rings. The van der Waals surface area contributed by atoms with Gasteiger partial charge in [0, 0.05) is 0 Å². The van der Waals surface area contributed by atoms with Gasteiger partial charge in [0.05, 0.1) is 10.6 Å². The summed E-state index contributed by atoms with van der Waals surface area (Å²) in [5.41, 5.74) is 1.27. The van der Waals surface area contributed by atoms with Gasteiger partial charge in [0.1, 0.15) is 6.61 Å². The average molecular weight is 291 g/mol. The number of rotatable bonds is 3. The van der Waals surface area contributed by atoms with Crippen molar-refractivity contribution in [1.82, 2.24) is 0 Å². The molecule has 0 unspecified atom stereocenters. The molecule has 2 aromatic rings. The van der Waals surface area contributed by atoms with Crippen LogP contribution in [-0.4, -0.2) is 12.8 Å². The summed E-state index contributed by atoms with van der Waals surface area (Å²) >= 11 is 6.06. The Balaban J connectivity index is 1.70. The SMILES string of the molecule is O=C(OCc1cc(Cl)c2c(c1)OCO2)c1ccccc1. The highest BCUT2D eigenvalue weighted by Crippen LogP contribution is 2.39. The van der Waals surface area contributed by atoms with E-state index in [-0.39, 0.29) is 19.4 Å². The van der Waals surface area contributed by atoms with E-state index in [4.69, 9.17) is 25.8 Å². The van der Waals surface area contributed by atoms with Crippen molar-refractivity contribution >= 4 is 17.6 Å². The van der Waals surface area contributed by atoms with E-state index in [0.29, 0.717) is 22.1 Å². The maximum absolute atomic E-state index is 11.8. The van der Waals surface area contributed by atoms with Crippen LogP contribution in [-0.2, 0) is 11.3 Å². The van der Waals surface area contributed by atoms with Gasteiger partial charge in [-0.05, 0) is 29.8 Å². The molecule has 0 bridgehead atoms. The number of carbonyl (C=O) groups excluding carboxylic acids is 1. The van der Waals surface area contributed by atoms with Gasteiger partial charge in [0.15, 0.2) is 11.5 Å². The molecular formula is C15H11ClO4. The summed E-state index contributed by atoms with van der Waals surface area (Å²) in [6.07, 6.45) is 0. The molecule has 0 fully saturated rings. The van der Waals surface area contributed by atoms with Gasteiger partial charge in [0.2, 0.25) is 6.79 Å². The summed E-state index contributed by atoms with van der Waals surface area (Å²) in [7, 11) is 0. The van der Waals surface area contributed by atoms with Crippen molar-refractivity contribution in [2.45, 2.75) is 6.61 Å². The number of hydrogen-bond donors (Lipinski definition) is 0. The van der Waals surface area contributed by atoms with E-state index in [9.17, 15) is 4.79 Å². The molecule has 0 radical (unpaired) electrons. The van der Waals surface area contributed by atoms with Crippen molar-refractivity contribution in [3.8, 4) is 11.5 Å². The quantitative estimate of drug-likeness (QED) is 0.813. The van der Waals surface area contributed by atoms with Crippen LogP contribution in [0.15, 0.2) is 42.5 Å². The van der Waals surface area contributed by atoms with Crippen LogP contribution in [0.4, 0.5) is 0 Å². The highest BCUT2D eigenvalue weighted by molar-refractivity contribution is 6.32. The highest BCUT2D eigenvalue weighted by atomic mass is 35.5. The molecule has 102 valence electrons. The van der Waals surface area contributed by atoms with Gasteiger partial charge in [-0.25, -0.2) is 4.79 Å². The largest absolute Gasteiger partial charge is 0.457 e. The molecule has 4 nitrogen and oxygen atoms in total. The minimum Gasteiger partial charge on any atom is -0.457 e. The number of ether oxygens (including phenoxy) is 3. The summed E-state index contributed by atoms with van der Waals surface area (Å²) in [6, 6.07) is 12.3. The monoisotopic (exact) mass is 290 g/mol. The highest BCUT2D eigenvalue weighted by Gasteiger charge is 2.18. The van der Waals surface area contributed by atoms with Crippen LogP contribution in [0.2, 0.25) is 5.02 Å². The minimum atomic E-state index is -0.376. The second-order valence-corrected chi connectivity index (χ2v) is 4.66. The second kappa shape index (κ2) is 5.43. The molecule has 0 aromatic heterocycles. The number of hydrogen-bond acceptors (Lipinski definition) is 4. The number of fused-ring (bicyclic) bond motifs is 1. The number of carbonyl (C=O) groups is 1. The fourth-order valence-corrected chi connectivity index (χ4v) is 2.20. The van der Waals surface area contributed by atoms with Crippen molar-refractivity contribution in [1.29, 1.82) is 0 Å². The third-order valence-corrected chi connectivity index (χ3v) is 3.15. The molecule has 20 heavy (non-hydrogen) atoms. The third kappa shape index (κ3) is 2.56. The van der Waals surface area contributed by atoms with Crippen LogP contribution >= 0.6 is 11.6 Å². The lowest BCUT2D eigenvalue weighted by atomic mass is 10.2. The summed E-state index contributed by atoms with van der Waals surface area (Å²) in [5, 5.41) is 0.450. The van der Waals surface area contributed by atoms with E-state index in [1.165, 1.54) is 0 Å². The maximum atomic E-state index is 11.8. The van der Waals surface area contributed by atoms with E-state index in [1.807, 2.05) is 6.07 Å². The lowest BCUT2D eigenvalue weighted by Crippen LogP contribution is -2.04. The fraction of sp³-hybridized carbons (Fsp3) is 0.133. The van der Waals surface area contributed by atoms with E-state index < -0.39 is 0 Å². The van der Waals surface area contributed by atoms with Crippen molar-refractivity contribution in [2.24, 2.45) is 0 Å². The fourth-order valence-electron chi connectivity index (χ4n) is 1.91. The predicted molar refractivity (Wildman–Crippen MR) is 73.1 cm³/mol. The molecule has 0 saturated heterocycles. The van der Waals surface area contributed by atoms with Crippen LogP contribution in [0.3, 0.4) is 0 Å². The molecule has 1 aliphatic heterocycles. The summed E-state index contributed by atoms with van der Waals surface area (Å²) in [6.45, 7) is 0.284. The molecule has 0 saturated carbocycles. The van der Waals surface area contributed by atoms with Crippen LogP contribution in [0.5, 0.6) is 11.5 Å². The first-order chi connectivity index (χ1) is 9.74. The molecule has 5 heteroatoms. The van der Waals surface area contributed by atoms with Crippen molar-refractivity contribution < 1.29 is 19.0 Å². The van der Waals surface area contributed by atoms with Gasteiger partial charge >= 0.3 is 5.97 Å². The summed E-state index contributed by atoms with van der Waals surface area (Å²) < 4.78 is 15.7. The Morgan fingerprint density at radius 3 is 2.80 bits per heavy atom. The average Bonchev–Trinajstić information content (AvgIpc) is 2.94. The van der Waals surface area contributed by atoms with E-state index >= 15 is 0 Å². The first-order valence-corrected chi connectivity index (χ1v) is 6.42. The lowest BCUT2D eigenvalue weighted by molar-refractivity contribution is 0.0472. The first kappa shape index (κ1) is 12.8. The van der Waals surface area contributed by atoms with Crippen LogP contribution < -0.4 is 9.47 Å². The Kier molecular flexibility index (Phi) is 3.48. The molecule has 0 amide bonds. The summed E-state index contributed by atoms with van der Waals surface area (Å²) in [4.78, 5) is 11.8. The Hall–Kier alpha value is -2.20. The number of esters is 1. The normalized spacial score (nSPS) is 12.2. The topological polar surface area (TPSA) is 44.8 Å². The standard InChI is InChI=1S/C15H11ClO4/c16-12-6-10(7-13-14(12)20-9-19-13)8-18-15(17)11-4-2-1-3-5-11/h1-7H,8-9H2. The van der Waals surface area contributed by atoms with E-state index in [2.05, 4.69) is 0 Å². The van der Waals surface area contributed by atoms with Gasteiger partial charge < -0.3 is 14.2 Å². The van der Waals surface area contributed by atoms with Gasteiger partial charge in [0.25, 0.3) is 0 Å². The third-order valence-electron chi connectivity index (χ3n) is 2.87. The van der Waals surface area contributed by atoms with Crippen molar-refractivity contribution in [3.05, 3.63) is 58.6 Å². The number of benzene rings is 2. The minimum absolute atomic E-state index is 0.129. The zero-order valence-corrected chi connectivity index (χ0v) is 11.2. The Morgan fingerprint density at radius 2 is 2.00 bits per heavy atom. The molecule has 1 heterocycles. The van der Waals surface area contributed by atoms with Gasteiger partial charge in [-0.1, -0.05) is 29.8 Å². The Bertz CT molecular complexity index is 640. The molecule has 0 aliphatic carbocycles. The van der Waals surface area contributed by atoms with Crippen molar-refractivity contribution in [2.75, 3.05) is 6.79 Å². The number of halogens is 1.